The average Bonchev–Trinajstić information content (AvgIpc) is 2.90. The molecule has 3 nitrogen and oxygen atoms in total. The van der Waals surface area contributed by atoms with Gasteiger partial charge in [-0.2, -0.15) is 0 Å². The molecule has 1 aromatic carbocycles. The third kappa shape index (κ3) is 3.59. The van der Waals surface area contributed by atoms with Crippen LogP contribution >= 0.6 is 0 Å². The van der Waals surface area contributed by atoms with Crippen LogP contribution in [0, 0.1) is 18.8 Å². The summed E-state index contributed by atoms with van der Waals surface area (Å²) < 4.78 is 0. The van der Waals surface area contributed by atoms with Crippen molar-refractivity contribution in [3.63, 3.8) is 0 Å². The van der Waals surface area contributed by atoms with E-state index in [9.17, 15) is 4.79 Å². The molecule has 100 valence electrons. The van der Waals surface area contributed by atoms with Crippen LogP contribution < -0.4 is 5.32 Å². The highest BCUT2D eigenvalue weighted by atomic mass is 16.2. The molecule has 0 saturated heterocycles. The SMILES string of the molecule is Cc1ccc(C#CCO)c(C(=O)NC2CCCC2)c1. The van der Waals surface area contributed by atoms with E-state index in [-0.39, 0.29) is 12.5 Å². The van der Waals surface area contributed by atoms with Crippen LogP contribution in [0.5, 0.6) is 0 Å². The van der Waals surface area contributed by atoms with Gasteiger partial charge in [-0.05, 0) is 31.9 Å². The molecule has 1 aliphatic rings. The number of carbonyl (C=O) groups is 1. The first kappa shape index (κ1) is 13.6. The Hall–Kier alpha value is -1.79. The van der Waals surface area contributed by atoms with Gasteiger partial charge in [0.2, 0.25) is 0 Å². The summed E-state index contributed by atoms with van der Waals surface area (Å²) in [6, 6.07) is 5.91. The molecule has 1 amide bonds. The second-order valence-corrected chi connectivity index (χ2v) is 4.96. The molecule has 19 heavy (non-hydrogen) atoms. The molecule has 1 aliphatic carbocycles. The molecule has 1 fully saturated rings. The van der Waals surface area contributed by atoms with Crippen LogP contribution in [0.1, 0.15) is 47.2 Å². The van der Waals surface area contributed by atoms with Crippen LogP contribution in [-0.4, -0.2) is 23.7 Å². The zero-order valence-electron chi connectivity index (χ0n) is 11.2. The summed E-state index contributed by atoms with van der Waals surface area (Å²) in [4.78, 5) is 12.3. The first-order valence-corrected chi connectivity index (χ1v) is 6.72. The number of aliphatic hydroxyl groups excluding tert-OH is 1. The van der Waals surface area contributed by atoms with E-state index < -0.39 is 0 Å². The van der Waals surface area contributed by atoms with E-state index in [4.69, 9.17) is 5.11 Å². The van der Waals surface area contributed by atoms with Crippen LogP contribution in [0.4, 0.5) is 0 Å². The summed E-state index contributed by atoms with van der Waals surface area (Å²) in [7, 11) is 0. The second kappa shape index (κ2) is 6.40. The van der Waals surface area contributed by atoms with E-state index in [1.807, 2.05) is 25.1 Å². The lowest BCUT2D eigenvalue weighted by Gasteiger charge is -2.13. The molecule has 0 bridgehead atoms. The van der Waals surface area contributed by atoms with E-state index in [1.54, 1.807) is 0 Å². The van der Waals surface area contributed by atoms with Crippen LogP contribution in [0.15, 0.2) is 18.2 Å². The van der Waals surface area contributed by atoms with Crippen LogP contribution in [0.3, 0.4) is 0 Å². The van der Waals surface area contributed by atoms with Gasteiger partial charge in [0.15, 0.2) is 0 Å². The number of rotatable bonds is 2. The summed E-state index contributed by atoms with van der Waals surface area (Å²) in [5.74, 6) is 5.38. The van der Waals surface area contributed by atoms with Gasteiger partial charge in [-0.25, -0.2) is 0 Å². The number of carbonyl (C=O) groups excluding carboxylic acids is 1. The van der Waals surface area contributed by atoms with Gasteiger partial charge < -0.3 is 10.4 Å². The summed E-state index contributed by atoms with van der Waals surface area (Å²) in [5.41, 5.74) is 2.31. The van der Waals surface area contributed by atoms with E-state index in [0.29, 0.717) is 17.2 Å². The first-order chi connectivity index (χ1) is 9.20. The van der Waals surface area contributed by atoms with Crippen molar-refractivity contribution in [2.24, 2.45) is 0 Å². The predicted molar refractivity (Wildman–Crippen MR) is 74.9 cm³/mol. The second-order valence-electron chi connectivity index (χ2n) is 4.96. The van der Waals surface area contributed by atoms with Crippen molar-refractivity contribution in [1.29, 1.82) is 0 Å². The fraction of sp³-hybridized carbons (Fsp3) is 0.438. The molecule has 0 spiro atoms. The Morgan fingerprint density at radius 2 is 2.16 bits per heavy atom. The van der Waals surface area contributed by atoms with Gasteiger partial charge in [0.25, 0.3) is 5.91 Å². The lowest BCUT2D eigenvalue weighted by atomic mass is 10.0. The van der Waals surface area contributed by atoms with E-state index >= 15 is 0 Å². The number of hydrogen-bond acceptors (Lipinski definition) is 2. The lowest BCUT2D eigenvalue weighted by molar-refractivity contribution is 0.0937. The Balaban J connectivity index is 2.20. The lowest BCUT2D eigenvalue weighted by Crippen LogP contribution is -2.33. The minimum absolute atomic E-state index is 0.0576. The van der Waals surface area contributed by atoms with Gasteiger partial charge in [-0.3, -0.25) is 4.79 Å². The summed E-state index contributed by atoms with van der Waals surface area (Å²) in [6.45, 7) is 1.76. The van der Waals surface area contributed by atoms with Crippen molar-refractivity contribution < 1.29 is 9.90 Å². The number of amides is 1. The Morgan fingerprint density at radius 1 is 1.42 bits per heavy atom. The van der Waals surface area contributed by atoms with Crippen LogP contribution in [0.25, 0.3) is 0 Å². The Labute approximate surface area is 114 Å². The Bertz CT molecular complexity index is 519. The molecule has 2 rings (SSSR count). The molecule has 0 unspecified atom stereocenters. The molecular formula is C16H19NO2. The standard InChI is InChI=1S/C16H19NO2/c1-12-8-9-13(5-4-10-18)15(11-12)16(19)17-14-6-2-3-7-14/h8-9,11,14,18H,2-3,6-7,10H2,1H3,(H,17,19). The largest absolute Gasteiger partial charge is 0.384 e. The van der Waals surface area contributed by atoms with Crippen molar-refractivity contribution in [1.82, 2.24) is 5.32 Å². The van der Waals surface area contributed by atoms with Gasteiger partial charge in [0.05, 0.1) is 5.56 Å². The molecule has 0 aliphatic heterocycles. The van der Waals surface area contributed by atoms with Gasteiger partial charge in [-0.15, -0.1) is 0 Å². The van der Waals surface area contributed by atoms with Crippen molar-refractivity contribution >= 4 is 5.91 Å². The molecule has 0 heterocycles. The normalized spacial score (nSPS) is 14.8. The molecule has 1 saturated carbocycles. The number of nitrogens with one attached hydrogen (secondary N) is 1. The summed E-state index contributed by atoms with van der Waals surface area (Å²) in [6.07, 6.45) is 4.51. The summed E-state index contributed by atoms with van der Waals surface area (Å²) >= 11 is 0. The van der Waals surface area contributed by atoms with Crippen molar-refractivity contribution in [3.8, 4) is 11.8 Å². The molecule has 1 aromatic rings. The maximum Gasteiger partial charge on any atom is 0.252 e. The fourth-order valence-corrected chi connectivity index (χ4v) is 2.42. The molecule has 2 N–H and O–H groups in total. The highest BCUT2D eigenvalue weighted by Crippen LogP contribution is 2.19. The minimum Gasteiger partial charge on any atom is -0.384 e. The molecular weight excluding hydrogens is 238 g/mol. The van der Waals surface area contributed by atoms with E-state index in [0.717, 1.165) is 18.4 Å². The highest BCUT2D eigenvalue weighted by molar-refractivity contribution is 5.97. The van der Waals surface area contributed by atoms with Gasteiger partial charge >= 0.3 is 0 Å². The zero-order valence-corrected chi connectivity index (χ0v) is 11.2. The Morgan fingerprint density at radius 3 is 2.84 bits per heavy atom. The quantitative estimate of drug-likeness (QED) is 0.796. The number of aryl methyl sites for hydroxylation is 1. The number of benzene rings is 1. The van der Waals surface area contributed by atoms with Gasteiger partial charge in [-0.1, -0.05) is 36.3 Å². The zero-order chi connectivity index (χ0) is 13.7. The number of aliphatic hydroxyl groups is 1. The maximum atomic E-state index is 12.3. The molecule has 0 atom stereocenters. The molecule has 3 heteroatoms. The third-order valence-corrected chi connectivity index (χ3v) is 3.41. The fourth-order valence-electron chi connectivity index (χ4n) is 2.42. The predicted octanol–water partition coefficient (Wildman–Crippen LogP) is 2.01. The van der Waals surface area contributed by atoms with Crippen molar-refractivity contribution in [3.05, 3.63) is 34.9 Å². The molecule has 0 radical (unpaired) electrons. The van der Waals surface area contributed by atoms with E-state index in [2.05, 4.69) is 17.2 Å². The van der Waals surface area contributed by atoms with Gasteiger partial charge in [0.1, 0.15) is 6.61 Å². The highest BCUT2D eigenvalue weighted by Gasteiger charge is 2.19. The molecule has 0 aromatic heterocycles. The topological polar surface area (TPSA) is 49.3 Å². The van der Waals surface area contributed by atoms with Crippen LogP contribution in [-0.2, 0) is 0 Å². The van der Waals surface area contributed by atoms with Gasteiger partial charge in [0, 0.05) is 11.6 Å². The average molecular weight is 257 g/mol. The third-order valence-electron chi connectivity index (χ3n) is 3.41. The van der Waals surface area contributed by atoms with Crippen molar-refractivity contribution in [2.45, 2.75) is 38.6 Å². The maximum absolute atomic E-state index is 12.3. The van der Waals surface area contributed by atoms with Crippen molar-refractivity contribution in [2.75, 3.05) is 6.61 Å². The van der Waals surface area contributed by atoms with E-state index in [1.165, 1.54) is 12.8 Å². The smallest absolute Gasteiger partial charge is 0.252 e. The minimum atomic E-state index is -0.197. The van der Waals surface area contributed by atoms with Crippen LogP contribution in [0.2, 0.25) is 0 Å². The number of hydrogen-bond donors (Lipinski definition) is 2. The monoisotopic (exact) mass is 257 g/mol. The Kier molecular flexibility index (Phi) is 4.59. The summed E-state index contributed by atoms with van der Waals surface area (Å²) in [5, 5.41) is 11.8. The first-order valence-electron chi connectivity index (χ1n) is 6.72.